The lowest BCUT2D eigenvalue weighted by molar-refractivity contribution is -0.147. The second-order valence-corrected chi connectivity index (χ2v) is 6.54. The first-order valence-corrected chi connectivity index (χ1v) is 6.91. The third-order valence-electron chi connectivity index (χ3n) is 4.76. The van der Waals surface area contributed by atoms with Crippen LogP contribution in [0.15, 0.2) is 0 Å². The van der Waals surface area contributed by atoms with E-state index in [0.717, 1.165) is 25.8 Å². The predicted octanol–water partition coefficient (Wildman–Crippen LogP) is 2.75. The molecule has 1 N–H and O–H groups in total. The average molecular weight is 239 g/mol. The fourth-order valence-electron chi connectivity index (χ4n) is 3.73. The van der Waals surface area contributed by atoms with Crippen LogP contribution in [0.2, 0.25) is 0 Å². The molecular formula is C14H25NO2. The molecule has 1 aliphatic carbocycles. The highest BCUT2D eigenvalue weighted by Gasteiger charge is 2.44. The first-order chi connectivity index (χ1) is 7.92. The first-order valence-electron chi connectivity index (χ1n) is 6.91. The zero-order valence-electron chi connectivity index (χ0n) is 11.3. The Morgan fingerprint density at radius 2 is 2.06 bits per heavy atom. The molecular weight excluding hydrogens is 214 g/mol. The molecule has 2 aliphatic rings. The van der Waals surface area contributed by atoms with Crippen LogP contribution in [-0.2, 0) is 4.79 Å². The van der Waals surface area contributed by atoms with Crippen molar-refractivity contribution < 1.29 is 9.90 Å². The molecule has 1 saturated heterocycles. The highest BCUT2D eigenvalue weighted by molar-refractivity contribution is 5.71. The van der Waals surface area contributed by atoms with Crippen LogP contribution in [0, 0.1) is 11.8 Å². The largest absolute Gasteiger partial charge is 0.481 e. The zero-order valence-corrected chi connectivity index (χ0v) is 11.3. The summed E-state index contributed by atoms with van der Waals surface area (Å²) < 4.78 is 0. The van der Waals surface area contributed by atoms with Gasteiger partial charge in [0.05, 0.1) is 5.92 Å². The number of carbonyl (C=O) groups is 1. The summed E-state index contributed by atoms with van der Waals surface area (Å²) in [5.41, 5.74) is 0.190. The van der Waals surface area contributed by atoms with Gasteiger partial charge in [0.2, 0.25) is 0 Å². The summed E-state index contributed by atoms with van der Waals surface area (Å²) >= 11 is 0. The molecule has 3 atom stereocenters. The molecule has 2 rings (SSSR count). The molecule has 98 valence electrons. The van der Waals surface area contributed by atoms with Crippen molar-refractivity contribution in [2.75, 3.05) is 6.54 Å². The minimum Gasteiger partial charge on any atom is -0.481 e. The Balaban J connectivity index is 2.17. The van der Waals surface area contributed by atoms with Gasteiger partial charge in [-0.05, 0) is 58.4 Å². The Kier molecular flexibility index (Phi) is 3.48. The third-order valence-corrected chi connectivity index (χ3v) is 4.76. The van der Waals surface area contributed by atoms with E-state index in [1.165, 1.54) is 12.8 Å². The van der Waals surface area contributed by atoms with E-state index < -0.39 is 5.97 Å². The van der Waals surface area contributed by atoms with Gasteiger partial charge in [0.25, 0.3) is 0 Å². The standard InChI is InChI=1S/C14H25NO2/c1-10-5-6-11(13(16)17)12(9-10)15-8-4-7-14(15,2)3/h10-12H,4-9H2,1-3H3,(H,16,17). The molecule has 0 spiro atoms. The van der Waals surface area contributed by atoms with Crippen molar-refractivity contribution in [1.82, 2.24) is 4.90 Å². The molecule has 3 nitrogen and oxygen atoms in total. The van der Waals surface area contributed by atoms with Gasteiger partial charge in [-0.25, -0.2) is 0 Å². The molecule has 0 aromatic rings. The van der Waals surface area contributed by atoms with E-state index in [0.29, 0.717) is 5.92 Å². The number of aliphatic carboxylic acids is 1. The lowest BCUT2D eigenvalue weighted by atomic mass is 9.77. The maximum absolute atomic E-state index is 11.4. The topological polar surface area (TPSA) is 40.5 Å². The summed E-state index contributed by atoms with van der Waals surface area (Å²) in [7, 11) is 0. The summed E-state index contributed by atoms with van der Waals surface area (Å²) in [6, 6.07) is 0.258. The fourth-order valence-corrected chi connectivity index (χ4v) is 3.73. The van der Waals surface area contributed by atoms with Crippen molar-refractivity contribution in [2.45, 2.75) is 64.5 Å². The van der Waals surface area contributed by atoms with Crippen molar-refractivity contribution in [3.05, 3.63) is 0 Å². The summed E-state index contributed by atoms with van der Waals surface area (Å²) in [6.07, 6.45) is 5.39. The molecule has 3 heteroatoms. The van der Waals surface area contributed by atoms with Crippen LogP contribution in [0.1, 0.15) is 52.9 Å². The number of rotatable bonds is 2. The normalized spacial score (nSPS) is 38.2. The van der Waals surface area contributed by atoms with Gasteiger partial charge in [-0.15, -0.1) is 0 Å². The summed E-state index contributed by atoms with van der Waals surface area (Å²) in [4.78, 5) is 13.9. The van der Waals surface area contributed by atoms with Crippen LogP contribution in [-0.4, -0.2) is 34.1 Å². The molecule has 2 fully saturated rings. The fraction of sp³-hybridized carbons (Fsp3) is 0.929. The second kappa shape index (κ2) is 4.60. The number of hydrogen-bond donors (Lipinski definition) is 1. The summed E-state index contributed by atoms with van der Waals surface area (Å²) in [5, 5.41) is 9.40. The first kappa shape index (κ1) is 12.9. The van der Waals surface area contributed by atoms with Crippen LogP contribution in [0.4, 0.5) is 0 Å². The van der Waals surface area contributed by atoms with Gasteiger partial charge < -0.3 is 5.11 Å². The number of likely N-dealkylation sites (tertiary alicyclic amines) is 1. The van der Waals surface area contributed by atoms with E-state index in [9.17, 15) is 9.90 Å². The van der Waals surface area contributed by atoms with Gasteiger partial charge >= 0.3 is 5.97 Å². The van der Waals surface area contributed by atoms with Gasteiger partial charge in [0.1, 0.15) is 0 Å². The molecule has 0 amide bonds. The highest BCUT2D eigenvalue weighted by Crippen LogP contribution is 2.39. The smallest absolute Gasteiger partial charge is 0.308 e. The van der Waals surface area contributed by atoms with E-state index in [-0.39, 0.29) is 17.5 Å². The van der Waals surface area contributed by atoms with Crippen molar-refractivity contribution in [1.29, 1.82) is 0 Å². The molecule has 0 radical (unpaired) electrons. The van der Waals surface area contributed by atoms with Gasteiger partial charge in [0, 0.05) is 11.6 Å². The minimum atomic E-state index is -0.593. The van der Waals surface area contributed by atoms with Gasteiger partial charge in [0.15, 0.2) is 0 Å². The summed E-state index contributed by atoms with van der Waals surface area (Å²) in [6.45, 7) is 7.86. The molecule has 1 heterocycles. The molecule has 1 saturated carbocycles. The van der Waals surface area contributed by atoms with E-state index >= 15 is 0 Å². The van der Waals surface area contributed by atoms with Crippen LogP contribution >= 0.6 is 0 Å². The maximum atomic E-state index is 11.4. The lowest BCUT2D eigenvalue weighted by Gasteiger charge is -2.44. The molecule has 1 aliphatic heterocycles. The average Bonchev–Trinajstić information content (AvgIpc) is 2.57. The van der Waals surface area contributed by atoms with Crippen molar-refractivity contribution in [3.8, 4) is 0 Å². The van der Waals surface area contributed by atoms with Gasteiger partial charge in [-0.3, -0.25) is 9.69 Å². The zero-order chi connectivity index (χ0) is 12.6. The number of hydrogen-bond acceptors (Lipinski definition) is 2. The Morgan fingerprint density at radius 3 is 2.59 bits per heavy atom. The predicted molar refractivity (Wildman–Crippen MR) is 67.9 cm³/mol. The monoisotopic (exact) mass is 239 g/mol. The Labute approximate surface area is 104 Å². The Hall–Kier alpha value is -0.570. The minimum absolute atomic E-state index is 0.149. The number of nitrogens with zero attached hydrogens (tertiary/aromatic N) is 1. The molecule has 0 bridgehead atoms. The lowest BCUT2D eigenvalue weighted by Crippen LogP contribution is -2.52. The van der Waals surface area contributed by atoms with Crippen LogP contribution in [0.5, 0.6) is 0 Å². The molecule has 0 aromatic carbocycles. The third kappa shape index (κ3) is 2.49. The number of carboxylic acids is 1. The molecule has 17 heavy (non-hydrogen) atoms. The van der Waals surface area contributed by atoms with Crippen molar-refractivity contribution >= 4 is 5.97 Å². The Morgan fingerprint density at radius 1 is 1.35 bits per heavy atom. The summed E-state index contributed by atoms with van der Waals surface area (Å²) in [5.74, 6) is -0.0693. The Bertz CT molecular complexity index is 301. The number of carboxylic acid groups (broad SMARTS) is 1. The van der Waals surface area contributed by atoms with Crippen molar-refractivity contribution in [3.63, 3.8) is 0 Å². The molecule has 0 aromatic heterocycles. The van der Waals surface area contributed by atoms with Gasteiger partial charge in [-0.2, -0.15) is 0 Å². The van der Waals surface area contributed by atoms with E-state index in [2.05, 4.69) is 25.7 Å². The SMILES string of the molecule is CC1CCC(C(=O)O)C(N2CCCC2(C)C)C1. The van der Waals surface area contributed by atoms with Crippen LogP contribution < -0.4 is 0 Å². The second-order valence-electron chi connectivity index (χ2n) is 6.54. The van der Waals surface area contributed by atoms with Crippen molar-refractivity contribution in [2.24, 2.45) is 11.8 Å². The quantitative estimate of drug-likeness (QED) is 0.805. The van der Waals surface area contributed by atoms with E-state index in [1.54, 1.807) is 0 Å². The van der Waals surface area contributed by atoms with E-state index in [4.69, 9.17) is 0 Å². The van der Waals surface area contributed by atoms with Crippen LogP contribution in [0.25, 0.3) is 0 Å². The van der Waals surface area contributed by atoms with Crippen LogP contribution in [0.3, 0.4) is 0 Å². The highest BCUT2D eigenvalue weighted by atomic mass is 16.4. The van der Waals surface area contributed by atoms with Gasteiger partial charge in [-0.1, -0.05) is 6.92 Å². The molecule has 3 unspecified atom stereocenters. The maximum Gasteiger partial charge on any atom is 0.308 e. The van der Waals surface area contributed by atoms with E-state index in [1.807, 2.05) is 0 Å².